The van der Waals surface area contributed by atoms with Gasteiger partial charge in [-0.2, -0.15) is 0 Å². The number of nitrogens with zero attached hydrogens (tertiary/aromatic N) is 1. The average molecular weight is 236 g/mol. The number of anilines is 1. The SMILES string of the molecule is CCC(C)N(C)c1ccc(C(C)NC)c(O)c1. The van der Waals surface area contributed by atoms with E-state index in [0.717, 1.165) is 17.7 Å². The van der Waals surface area contributed by atoms with E-state index in [2.05, 4.69) is 37.2 Å². The molecule has 0 aliphatic heterocycles. The summed E-state index contributed by atoms with van der Waals surface area (Å²) >= 11 is 0. The smallest absolute Gasteiger partial charge is 0.122 e. The number of nitrogens with one attached hydrogen (secondary N) is 1. The quantitative estimate of drug-likeness (QED) is 0.825. The van der Waals surface area contributed by atoms with Crippen LogP contribution in [-0.2, 0) is 0 Å². The number of phenols is 1. The Morgan fingerprint density at radius 3 is 2.47 bits per heavy atom. The maximum atomic E-state index is 10.0. The predicted molar refractivity (Wildman–Crippen MR) is 73.7 cm³/mol. The topological polar surface area (TPSA) is 35.5 Å². The van der Waals surface area contributed by atoms with Crippen LogP contribution in [-0.4, -0.2) is 25.2 Å². The normalized spacial score (nSPS) is 14.4. The van der Waals surface area contributed by atoms with E-state index >= 15 is 0 Å². The van der Waals surface area contributed by atoms with Crippen molar-refractivity contribution in [1.82, 2.24) is 5.32 Å². The lowest BCUT2D eigenvalue weighted by Crippen LogP contribution is -2.27. The van der Waals surface area contributed by atoms with E-state index < -0.39 is 0 Å². The van der Waals surface area contributed by atoms with Gasteiger partial charge in [-0.25, -0.2) is 0 Å². The molecule has 0 saturated heterocycles. The highest BCUT2D eigenvalue weighted by Crippen LogP contribution is 2.29. The molecule has 2 N–H and O–H groups in total. The van der Waals surface area contributed by atoms with Gasteiger partial charge in [0, 0.05) is 36.4 Å². The monoisotopic (exact) mass is 236 g/mol. The van der Waals surface area contributed by atoms with Crippen molar-refractivity contribution in [1.29, 1.82) is 0 Å². The minimum Gasteiger partial charge on any atom is -0.508 e. The third kappa shape index (κ3) is 3.13. The van der Waals surface area contributed by atoms with Crippen molar-refractivity contribution in [3.8, 4) is 5.75 Å². The molecule has 3 nitrogen and oxygen atoms in total. The van der Waals surface area contributed by atoms with Gasteiger partial charge in [-0.1, -0.05) is 13.0 Å². The molecule has 3 heteroatoms. The number of hydrogen-bond acceptors (Lipinski definition) is 3. The largest absolute Gasteiger partial charge is 0.508 e. The van der Waals surface area contributed by atoms with E-state index in [4.69, 9.17) is 0 Å². The minimum atomic E-state index is 0.165. The second-order valence-corrected chi connectivity index (χ2v) is 4.62. The molecule has 0 radical (unpaired) electrons. The Balaban J connectivity index is 2.96. The number of rotatable bonds is 5. The molecule has 0 aromatic heterocycles. The van der Waals surface area contributed by atoms with Gasteiger partial charge < -0.3 is 15.3 Å². The van der Waals surface area contributed by atoms with Gasteiger partial charge in [-0.05, 0) is 33.4 Å². The lowest BCUT2D eigenvalue weighted by molar-refractivity contribution is 0.457. The summed E-state index contributed by atoms with van der Waals surface area (Å²) < 4.78 is 0. The zero-order chi connectivity index (χ0) is 13.0. The van der Waals surface area contributed by atoms with Crippen molar-refractivity contribution in [2.45, 2.75) is 39.3 Å². The van der Waals surface area contributed by atoms with Crippen LogP contribution in [0.2, 0.25) is 0 Å². The molecule has 2 atom stereocenters. The minimum absolute atomic E-state index is 0.165. The predicted octanol–water partition coefficient (Wildman–Crippen LogP) is 2.91. The fourth-order valence-corrected chi connectivity index (χ4v) is 1.80. The number of aromatic hydroxyl groups is 1. The molecule has 0 aliphatic rings. The average Bonchev–Trinajstić information content (AvgIpc) is 2.35. The maximum Gasteiger partial charge on any atom is 0.122 e. The van der Waals surface area contributed by atoms with E-state index in [0.29, 0.717) is 11.8 Å². The number of benzene rings is 1. The summed E-state index contributed by atoms with van der Waals surface area (Å²) in [6, 6.07) is 6.54. The first kappa shape index (κ1) is 13.8. The highest BCUT2D eigenvalue weighted by Gasteiger charge is 2.12. The molecule has 2 unspecified atom stereocenters. The van der Waals surface area contributed by atoms with E-state index in [1.165, 1.54) is 0 Å². The molecule has 0 aliphatic carbocycles. The van der Waals surface area contributed by atoms with Gasteiger partial charge in [0.15, 0.2) is 0 Å². The Hall–Kier alpha value is -1.22. The lowest BCUT2D eigenvalue weighted by atomic mass is 10.1. The van der Waals surface area contributed by atoms with Crippen LogP contribution in [0.4, 0.5) is 5.69 Å². The van der Waals surface area contributed by atoms with Gasteiger partial charge in [-0.15, -0.1) is 0 Å². The van der Waals surface area contributed by atoms with Crippen molar-refractivity contribution in [3.63, 3.8) is 0 Å². The summed E-state index contributed by atoms with van der Waals surface area (Å²) in [5.41, 5.74) is 2.00. The Labute approximate surface area is 104 Å². The van der Waals surface area contributed by atoms with Gasteiger partial charge in [0.25, 0.3) is 0 Å². The molecule has 0 amide bonds. The summed E-state index contributed by atoms with van der Waals surface area (Å²) in [5, 5.41) is 13.2. The third-order valence-corrected chi connectivity index (χ3v) is 3.57. The van der Waals surface area contributed by atoms with Crippen molar-refractivity contribution < 1.29 is 5.11 Å². The van der Waals surface area contributed by atoms with Crippen LogP contribution in [0, 0.1) is 0 Å². The van der Waals surface area contributed by atoms with Crippen molar-refractivity contribution >= 4 is 5.69 Å². The zero-order valence-corrected chi connectivity index (χ0v) is 11.5. The molecule has 1 aromatic rings. The number of hydrogen-bond donors (Lipinski definition) is 2. The molecule has 0 spiro atoms. The Bertz CT molecular complexity index is 365. The summed E-state index contributed by atoms with van der Waals surface area (Å²) in [7, 11) is 3.95. The standard InChI is InChI=1S/C14H24N2O/c1-6-10(2)16(5)12-7-8-13(11(3)15-4)14(17)9-12/h7-11,15,17H,6H2,1-5H3. The van der Waals surface area contributed by atoms with Gasteiger partial charge in [0.05, 0.1) is 0 Å². The van der Waals surface area contributed by atoms with Crippen molar-refractivity contribution in [2.75, 3.05) is 19.0 Å². The van der Waals surface area contributed by atoms with Crippen LogP contribution in [0.1, 0.15) is 38.8 Å². The van der Waals surface area contributed by atoms with Gasteiger partial charge >= 0.3 is 0 Å². The van der Waals surface area contributed by atoms with Crippen LogP contribution >= 0.6 is 0 Å². The molecule has 17 heavy (non-hydrogen) atoms. The maximum absolute atomic E-state index is 10.0. The Morgan fingerprint density at radius 2 is 2.00 bits per heavy atom. The third-order valence-electron chi connectivity index (χ3n) is 3.57. The Kier molecular flexibility index (Phi) is 4.82. The molecule has 1 aromatic carbocycles. The number of phenolic OH excluding ortho intramolecular Hbond substituents is 1. The first-order valence-corrected chi connectivity index (χ1v) is 6.24. The molecule has 0 saturated carbocycles. The first-order chi connectivity index (χ1) is 8.01. The molecule has 0 fully saturated rings. The fraction of sp³-hybridized carbons (Fsp3) is 0.571. The molecule has 0 bridgehead atoms. The van der Waals surface area contributed by atoms with Gasteiger partial charge in [0.2, 0.25) is 0 Å². The van der Waals surface area contributed by atoms with Gasteiger partial charge in [0.1, 0.15) is 5.75 Å². The van der Waals surface area contributed by atoms with E-state index in [9.17, 15) is 5.11 Å². The van der Waals surface area contributed by atoms with Gasteiger partial charge in [-0.3, -0.25) is 0 Å². The van der Waals surface area contributed by atoms with Crippen LogP contribution < -0.4 is 10.2 Å². The van der Waals surface area contributed by atoms with Crippen LogP contribution in [0.3, 0.4) is 0 Å². The summed E-state index contributed by atoms with van der Waals surface area (Å²) in [6.07, 6.45) is 1.09. The molecular formula is C14H24N2O. The van der Waals surface area contributed by atoms with Crippen LogP contribution in [0.15, 0.2) is 18.2 Å². The van der Waals surface area contributed by atoms with Crippen LogP contribution in [0.25, 0.3) is 0 Å². The Morgan fingerprint density at radius 1 is 1.35 bits per heavy atom. The summed E-state index contributed by atoms with van der Waals surface area (Å²) in [6.45, 7) is 6.38. The highest BCUT2D eigenvalue weighted by atomic mass is 16.3. The van der Waals surface area contributed by atoms with Crippen LogP contribution in [0.5, 0.6) is 5.75 Å². The summed E-state index contributed by atoms with van der Waals surface area (Å²) in [5.74, 6) is 0.361. The van der Waals surface area contributed by atoms with E-state index in [1.54, 1.807) is 0 Å². The lowest BCUT2D eigenvalue weighted by Gasteiger charge is -2.27. The van der Waals surface area contributed by atoms with Crippen molar-refractivity contribution in [3.05, 3.63) is 23.8 Å². The fourth-order valence-electron chi connectivity index (χ4n) is 1.80. The summed E-state index contributed by atoms with van der Waals surface area (Å²) in [4.78, 5) is 2.19. The first-order valence-electron chi connectivity index (χ1n) is 6.24. The molecular weight excluding hydrogens is 212 g/mol. The molecule has 0 heterocycles. The second kappa shape index (κ2) is 5.92. The molecule has 1 rings (SSSR count). The van der Waals surface area contributed by atoms with E-state index in [1.807, 2.05) is 26.1 Å². The van der Waals surface area contributed by atoms with Crippen molar-refractivity contribution in [2.24, 2.45) is 0 Å². The zero-order valence-electron chi connectivity index (χ0n) is 11.5. The van der Waals surface area contributed by atoms with E-state index in [-0.39, 0.29) is 6.04 Å². The second-order valence-electron chi connectivity index (χ2n) is 4.62. The highest BCUT2D eigenvalue weighted by molar-refractivity contribution is 5.54. The molecule has 96 valence electrons.